The zero-order valence-corrected chi connectivity index (χ0v) is 19.3. The summed E-state index contributed by atoms with van der Waals surface area (Å²) in [5.41, 5.74) is 1.39. The fourth-order valence-corrected chi connectivity index (χ4v) is 6.36. The van der Waals surface area contributed by atoms with Crippen LogP contribution in [-0.4, -0.2) is 57.6 Å². The summed E-state index contributed by atoms with van der Waals surface area (Å²) in [5, 5.41) is 0. The fourth-order valence-electron chi connectivity index (χ4n) is 4.12. The standard InChI is InChI=1S/C20H26BrN3O5S/c1-2-29-20(26)23-8-6-16(7-9-23)22-30(27,28)17-12-15(21)11-14-5-10-24(18(14)17)19(25)13-3-4-13/h11-13,16,22H,2-10H2,1H3. The van der Waals surface area contributed by atoms with E-state index in [9.17, 15) is 18.0 Å². The van der Waals surface area contributed by atoms with Gasteiger partial charge in [-0.2, -0.15) is 0 Å². The minimum Gasteiger partial charge on any atom is -0.450 e. The Bertz CT molecular complexity index is 955. The van der Waals surface area contributed by atoms with Crippen molar-refractivity contribution >= 4 is 43.6 Å². The monoisotopic (exact) mass is 499 g/mol. The second kappa shape index (κ2) is 8.47. The number of hydrogen-bond acceptors (Lipinski definition) is 5. The van der Waals surface area contributed by atoms with Gasteiger partial charge in [-0.3, -0.25) is 4.79 Å². The van der Waals surface area contributed by atoms with E-state index in [0.29, 0.717) is 55.7 Å². The summed E-state index contributed by atoms with van der Waals surface area (Å²) < 4.78 is 35.1. The number of nitrogens with one attached hydrogen (secondary N) is 1. The summed E-state index contributed by atoms with van der Waals surface area (Å²) in [7, 11) is -3.84. The first-order valence-electron chi connectivity index (χ1n) is 10.4. The number of likely N-dealkylation sites (tertiary alicyclic amines) is 1. The topological polar surface area (TPSA) is 96.0 Å². The average molecular weight is 500 g/mol. The van der Waals surface area contributed by atoms with E-state index in [0.717, 1.165) is 18.4 Å². The molecule has 3 aliphatic rings. The maximum absolute atomic E-state index is 13.3. The van der Waals surface area contributed by atoms with Crippen molar-refractivity contribution in [3.05, 3.63) is 22.2 Å². The Morgan fingerprint density at radius 3 is 2.50 bits per heavy atom. The van der Waals surface area contributed by atoms with Gasteiger partial charge in [0.25, 0.3) is 0 Å². The molecule has 8 nitrogen and oxygen atoms in total. The Morgan fingerprint density at radius 1 is 1.17 bits per heavy atom. The Kier molecular flexibility index (Phi) is 6.09. The van der Waals surface area contributed by atoms with E-state index in [4.69, 9.17) is 4.74 Å². The van der Waals surface area contributed by atoms with Crippen molar-refractivity contribution in [2.24, 2.45) is 5.92 Å². The number of fused-ring (bicyclic) bond motifs is 1. The summed E-state index contributed by atoms with van der Waals surface area (Å²) in [4.78, 5) is 28.0. The molecule has 1 N–H and O–H groups in total. The highest BCUT2D eigenvalue weighted by molar-refractivity contribution is 9.10. The largest absolute Gasteiger partial charge is 0.450 e. The van der Waals surface area contributed by atoms with Crippen molar-refractivity contribution in [1.82, 2.24) is 9.62 Å². The minimum atomic E-state index is -3.84. The first kappa shape index (κ1) is 21.6. The molecule has 164 valence electrons. The van der Waals surface area contributed by atoms with Gasteiger partial charge >= 0.3 is 6.09 Å². The summed E-state index contributed by atoms with van der Waals surface area (Å²) in [6.07, 6.45) is 3.06. The zero-order valence-electron chi connectivity index (χ0n) is 16.9. The number of sulfonamides is 1. The third-order valence-electron chi connectivity index (χ3n) is 5.82. The molecule has 1 aromatic rings. The van der Waals surface area contributed by atoms with Crippen LogP contribution in [0.1, 0.15) is 38.2 Å². The van der Waals surface area contributed by atoms with Gasteiger partial charge in [-0.25, -0.2) is 17.9 Å². The molecule has 0 unspecified atom stereocenters. The summed E-state index contributed by atoms with van der Waals surface area (Å²) >= 11 is 3.42. The van der Waals surface area contributed by atoms with E-state index in [1.807, 2.05) is 6.07 Å². The Balaban J connectivity index is 1.52. The summed E-state index contributed by atoms with van der Waals surface area (Å²) in [5.74, 6) is 0.0468. The molecule has 0 atom stereocenters. The molecule has 0 radical (unpaired) electrons. The molecule has 2 aliphatic heterocycles. The maximum Gasteiger partial charge on any atom is 0.409 e. The van der Waals surface area contributed by atoms with E-state index < -0.39 is 10.0 Å². The molecule has 1 saturated carbocycles. The highest BCUT2D eigenvalue weighted by Crippen LogP contribution is 2.41. The van der Waals surface area contributed by atoms with E-state index in [-0.39, 0.29) is 28.9 Å². The van der Waals surface area contributed by atoms with Crippen LogP contribution in [0.15, 0.2) is 21.5 Å². The lowest BCUT2D eigenvalue weighted by atomic mass is 10.1. The molecule has 1 saturated heterocycles. The van der Waals surface area contributed by atoms with Crippen LogP contribution in [0.25, 0.3) is 0 Å². The third-order valence-corrected chi connectivity index (χ3v) is 7.81. The minimum absolute atomic E-state index is 0.0234. The van der Waals surface area contributed by atoms with Crippen LogP contribution in [0, 0.1) is 5.92 Å². The number of carbonyl (C=O) groups is 2. The number of ether oxygens (including phenoxy) is 1. The van der Waals surface area contributed by atoms with Gasteiger partial charge in [-0.15, -0.1) is 0 Å². The van der Waals surface area contributed by atoms with Crippen LogP contribution in [0.4, 0.5) is 10.5 Å². The van der Waals surface area contributed by atoms with Crippen molar-refractivity contribution < 1.29 is 22.7 Å². The van der Waals surface area contributed by atoms with Crippen LogP contribution in [0.5, 0.6) is 0 Å². The number of piperidine rings is 1. The number of rotatable bonds is 5. The van der Waals surface area contributed by atoms with Gasteiger partial charge in [0, 0.05) is 36.1 Å². The first-order valence-corrected chi connectivity index (χ1v) is 12.7. The molecule has 2 fully saturated rings. The number of hydrogen-bond donors (Lipinski definition) is 1. The quantitative estimate of drug-likeness (QED) is 0.671. The van der Waals surface area contributed by atoms with E-state index in [1.54, 1.807) is 22.8 Å². The predicted octanol–water partition coefficient (Wildman–Crippen LogP) is 2.65. The molecule has 0 aromatic heterocycles. The molecule has 30 heavy (non-hydrogen) atoms. The van der Waals surface area contributed by atoms with Crippen molar-refractivity contribution in [3.63, 3.8) is 0 Å². The second-order valence-corrected chi connectivity index (χ2v) is 10.6. The first-order chi connectivity index (χ1) is 14.3. The van der Waals surface area contributed by atoms with Crippen molar-refractivity contribution in [1.29, 1.82) is 0 Å². The van der Waals surface area contributed by atoms with Crippen LogP contribution in [0.3, 0.4) is 0 Å². The maximum atomic E-state index is 13.3. The van der Waals surface area contributed by atoms with E-state index in [1.165, 1.54) is 0 Å². The number of halogens is 1. The molecule has 1 aliphatic carbocycles. The zero-order chi connectivity index (χ0) is 21.5. The predicted molar refractivity (Wildman–Crippen MR) is 115 cm³/mol. The molecular weight excluding hydrogens is 474 g/mol. The Hall–Kier alpha value is -1.65. The molecule has 10 heteroatoms. The Morgan fingerprint density at radius 2 is 1.87 bits per heavy atom. The van der Waals surface area contributed by atoms with Gasteiger partial charge in [0.1, 0.15) is 4.90 Å². The molecule has 1 aromatic carbocycles. The number of amides is 2. The number of nitrogens with zero attached hydrogens (tertiary/aromatic N) is 2. The SMILES string of the molecule is CCOC(=O)N1CCC(NS(=O)(=O)c2cc(Br)cc3c2N(C(=O)C2CC2)CC3)CC1. The van der Waals surface area contributed by atoms with Crippen molar-refractivity contribution in [2.45, 2.75) is 50.0 Å². The third kappa shape index (κ3) is 4.36. The molecule has 0 bridgehead atoms. The smallest absolute Gasteiger partial charge is 0.409 e. The van der Waals surface area contributed by atoms with Gasteiger partial charge < -0.3 is 14.5 Å². The van der Waals surface area contributed by atoms with Gasteiger partial charge in [0.15, 0.2) is 0 Å². The van der Waals surface area contributed by atoms with Gasteiger partial charge in [-0.1, -0.05) is 15.9 Å². The average Bonchev–Trinajstić information content (AvgIpc) is 3.47. The lowest BCUT2D eigenvalue weighted by molar-refractivity contribution is -0.119. The van der Waals surface area contributed by atoms with Gasteiger partial charge in [0.2, 0.25) is 15.9 Å². The molecular formula is C20H26BrN3O5S. The normalized spacial score (nSPS) is 19.7. The lowest BCUT2D eigenvalue weighted by Crippen LogP contribution is -2.46. The van der Waals surface area contributed by atoms with Crippen LogP contribution in [0.2, 0.25) is 0 Å². The number of carbonyl (C=O) groups excluding carboxylic acids is 2. The van der Waals surface area contributed by atoms with Crippen LogP contribution < -0.4 is 9.62 Å². The number of anilines is 1. The highest BCUT2D eigenvalue weighted by Gasteiger charge is 2.40. The summed E-state index contributed by atoms with van der Waals surface area (Å²) in [6, 6.07) is 3.20. The van der Waals surface area contributed by atoms with E-state index in [2.05, 4.69) is 20.7 Å². The molecule has 2 heterocycles. The van der Waals surface area contributed by atoms with E-state index >= 15 is 0 Å². The Labute approximate surface area is 185 Å². The fraction of sp³-hybridized carbons (Fsp3) is 0.600. The summed E-state index contributed by atoms with van der Waals surface area (Å²) in [6.45, 7) is 3.47. The molecule has 4 rings (SSSR count). The lowest BCUT2D eigenvalue weighted by Gasteiger charge is -2.31. The molecule has 0 spiro atoms. The van der Waals surface area contributed by atoms with Gasteiger partial charge in [-0.05, 0) is 56.7 Å². The van der Waals surface area contributed by atoms with Crippen molar-refractivity contribution in [3.8, 4) is 0 Å². The second-order valence-electron chi connectivity index (χ2n) is 8.01. The van der Waals surface area contributed by atoms with Crippen molar-refractivity contribution in [2.75, 3.05) is 31.1 Å². The highest BCUT2D eigenvalue weighted by atomic mass is 79.9. The van der Waals surface area contributed by atoms with Crippen LogP contribution >= 0.6 is 15.9 Å². The molecule has 2 amide bonds. The number of benzene rings is 1. The van der Waals surface area contributed by atoms with Crippen LogP contribution in [-0.2, 0) is 26.0 Å². The van der Waals surface area contributed by atoms with Gasteiger partial charge in [0.05, 0.1) is 12.3 Å².